The van der Waals surface area contributed by atoms with Crippen molar-refractivity contribution >= 4 is 35.0 Å². The Kier molecular flexibility index (Phi) is 3.98. The van der Waals surface area contributed by atoms with E-state index in [-0.39, 0.29) is 11.8 Å². The Morgan fingerprint density at radius 2 is 1.95 bits per heavy atom. The van der Waals surface area contributed by atoms with Gasteiger partial charge in [0.2, 0.25) is 0 Å². The number of ketones is 1. The Balaban J connectivity index is 2.17. The molecule has 6 heteroatoms. The van der Waals surface area contributed by atoms with Crippen LogP contribution in [0, 0.1) is 0 Å². The third kappa shape index (κ3) is 2.64. The second-order valence-corrected chi connectivity index (χ2v) is 6.16. The van der Waals surface area contributed by atoms with Gasteiger partial charge in [-0.3, -0.25) is 9.69 Å². The van der Waals surface area contributed by atoms with Crippen molar-refractivity contribution < 1.29 is 9.59 Å². The van der Waals surface area contributed by atoms with Gasteiger partial charge in [-0.05, 0) is 43.2 Å². The quantitative estimate of drug-likeness (QED) is 0.891. The summed E-state index contributed by atoms with van der Waals surface area (Å²) in [7, 11) is 0. The standard InChI is InChI=1S/C16H14Cl2N2O2/c1-9(21)14-13-4-2-3-5-20(13)16(22)19-15(14)10-6-11(17)8-12(18)7-10/h2,4,6-8,15H,3,5H2,1H3,(H,19,22). The van der Waals surface area contributed by atoms with Crippen LogP contribution in [0.4, 0.5) is 4.79 Å². The van der Waals surface area contributed by atoms with E-state index in [9.17, 15) is 9.59 Å². The smallest absolute Gasteiger partial charge is 0.322 e. The normalized spacial score (nSPS) is 20.8. The number of allylic oxidation sites excluding steroid dienone is 1. The van der Waals surface area contributed by atoms with E-state index < -0.39 is 6.04 Å². The van der Waals surface area contributed by atoms with Crippen LogP contribution in [-0.4, -0.2) is 23.3 Å². The molecular formula is C16H14Cl2N2O2. The van der Waals surface area contributed by atoms with Crippen molar-refractivity contribution in [2.75, 3.05) is 6.54 Å². The van der Waals surface area contributed by atoms with Gasteiger partial charge in [0.1, 0.15) is 0 Å². The van der Waals surface area contributed by atoms with Crippen LogP contribution in [0.15, 0.2) is 41.6 Å². The number of nitrogens with zero attached hydrogens (tertiary/aromatic N) is 1. The van der Waals surface area contributed by atoms with Crippen molar-refractivity contribution in [2.24, 2.45) is 0 Å². The van der Waals surface area contributed by atoms with Crippen LogP contribution in [0.3, 0.4) is 0 Å². The van der Waals surface area contributed by atoms with Gasteiger partial charge in [0.15, 0.2) is 5.78 Å². The molecule has 3 rings (SSSR count). The highest BCUT2D eigenvalue weighted by Gasteiger charge is 2.35. The number of amides is 2. The fourth-order valence-corrected chi connectivity index (χ4v) is 3.39. The molecular weight excluding hydrogens is 323 g/mol. The van der Waals surface area contributed by atoms with Gasteiger partial charge in [0.25, 0.3) is 0 Å². The van der Waals surface area contributed by atoms with Crippen LogP contribution in [-0.2, 0) is 4.79 Å². The van der Waals surface area contributed by atoms with Crippen LogP contribution in [0.25, 0.3) is 0 Å². The zero-order chi connectivity index (χ0) is 15.9. The monoisotopic (exact) mass is 336 g/mol. The maximum Gasteiger partial charge on any atom is 0.322 e. The van der Waals surface area contributed by atoms with E-state index in [0.29, 0.717) is 33.4 Å². The fourth-order valence-electron chi connectivity index (χ4n) is 2.85. The summed E-state index contributed by atoms with van der Waals surface area (Å²) in [6.07, 6.45) is 4.57. The van der Waals surface area contributed by atoms with Crippen molar-refractivity contribution in [1.82, 2.24) is 10.2 Å². The number of carbonyl (C=O) groups excluding carboxylic acids is 2. The van der Waals surface area contributed by atoms with Gasteiger partial charge in [-0.25, -0.2) is 4.79 Å². The van der Waals surface area contributed by atoms with Crippen molar-refractivity contribution in [3.8, 4) is 0 Å². The lowest BCUT2D eigenvalue weighted by Crippen LogP contribution is -2.48. The molecule has 1 N–H and O–H groups in total. The summed E-state index contributed by atoms with van der Waals surface area (Å²) < 4.78 is 0. The van der Waals surface area contributed by atoms with E-state index >= 15 is 0 Å². The third-order valence-electron chi connectivity index (χ3n) is 3.76. The van der Waals surface area contributed by atoms with Crippen LogP contribution in [0.5, 0.6) is 0 Å². The first-order valence-corrected chi connectivity index (χ1v) is 7.68. The molecule has 2 aliphatic rings. The van der Waals surface area contributed by atoms with Gasteiger partial charge in [-0.15, -0.1) is 0 Å². The first-order valence-electron chi connectivity index (χ1n) is 6.93. The Labute approximate surface area is 138 Å². The maximum absolute atomic E-state index is 12.3. The summed E-state index contributed by atoms with van der Waals surface area (Å²) in [6.45, 7) is 2.07. The van der Waals surface area contributed by atoms with E-state index in [0.717, 1.165) is 6.42 Å². The number of hydrogen-bond acceptors (Lipinski definition) is 2. The van der Waals surface area contributed by atoms with Crippen LogP contribution >= 0.6 is 23.2 Å². The number of urea groups is 1. The van der Waals surface area contributed by atoms with E-state index in [1.807, 2.05) is 12.2 Å². The molecule has 0 spiro atoms. The molecule has 0 aromatic heterocycles. The number of carbonyl (C=O) groups is 2. The van der Waals surface area contributed by atoms with Gasteiger partial charge in [-0.1, -0.05) is 29.3 Å². The molecule has 1 aromatic carbocycles. The minimum absolute atomic E-state index is 0.0901. The summed E-state index contributed by atoms with van der Waals surface area (Å²) in [4.78, 5) is 26.1. The van der Waals surface area contributed by atoms with E-state index in [2.05, 4.69) is 5.32 Å². The number of hydrogen-bond donors (Lipinski definition) is 1. The molecule has 0 bridgehead atoms. The minimum atomic E-state index is -0.546. The van der Waals surface area contributed by atoms with Crippen LogP contribution < -0.4 is 5.32 Å². The Morgan fingerprint density at radius 1 is 1.27 bits per heavy atom. The highest BCUT2D eigenvalue weighted by Crippen LogP contribution is 2.35. The Hall–Kier alpha value is -1.78. The fraction of sp³-hybridized carbons (Fsp3) is 0.250. The third-order valence-corrected chi connectivity index (χ3v) is 4.20. The maximum atomic E-state index is 12.3. The molecule has 2 heterocycles. The molecule has 0 radical (unpaired) electrons. The van der Waals surface area contributed by atoms with Crippen molar-refractivity contribution in [2.45, 2.75) is 19.4 Å². The average molecular weight is 337 g/mol. The lowest BCUT2D eigenvalue weighted by molar-refractivity contribution is -0.114. The summed E-state index contributed by atoms with van der Waals surface area (Å²) >= 11 is 12.1. The summed E-state index contributed by atoms with van der Waals surface area (Å²) in [5.41, 5.74) is 1.90. The molecule has 1 unspecified atom stereocenters. The topological polar surface area (TPSA) is 49.4 Å². The van der Waals surface area contributed by atoms with E-state index in [1.54, 1.807) is 23.1 Å². The molecule has 2 amide bonds. The minimum Gasteiger partial charge on any atom is -0.327 e. The Bertz CT molecular complexity index is 705. The molecule has 0 saturated carbocycles. The molecule has 0 fully saturated rings. The van der Waals surface area contributed by atoms with Crippen molar-refractivity contribution in [3.05, 3.63) is 57.2 Å². The lowest BCUT2D eigenvalue weighted by atomic mass is 9.91. The largest absolute Gasteiger partial charge is 0.327 e. The van der Waals surface area contributed by atoms with Crippen LogP contribution in [0.2, 0.25) is 10.0 Å². The second kappa shape index (κ2) is 5.78. The van der Waals surface area contributed by atoms with Crippen molar-refractivity contribution in [1.29, 1.82) is 0 Å². The lowest BCUT2D eigenvalue weighted by Gasteiger charge is -2.37. The van der Waals surface area contributed by atoms with E-state index in [1.165, 1.54) is 6.92 Å². The first kappa shape index (κ1) is 15.1. The molecule has 1 aromatic rings. The molecule has 0 aliphatic carbocycles. The van der Waals surface area contributed by atoms with Gasteiger partial charge in [-0.2, -0.15) is 0 Å². The number of Topliss-reactive ketones (excluding diaryl/α,β-unsaturated/α-hetero) is 1. The summed E-state index contributed by atoms with van der Waals surface area (Å²) in [5.74, 6) is -0.0901. The van der Waals surface area contributed by atoms with Crippen LogP contribution in [0.1, 0.15) is 24.9 Å². The van der Waals surface area contributed by atoms with E-state index in [4.69, 9.17) is 23.2 Å². The SMILES string of the molecule is CC(=O)C1=C2C=CCCN2C(=O)NC1c1cc(Cl)cc(Cl)c1. The van der Waals surface area contributed by atoms with Gasteiger partial charge in [0, 0.05) is 22.2 Å². The number of halogens is 2. The number of benzene rings is 1. The molecule has 114 valence electrons. The molecule has 0 saturated heterocycles. The first-order chi connectivity index (χ1) is 10.5. The summed E-state index contributed by atoms with van der Waals surface area (Å²) in [6, 6.07) is 4.28. The second-order valence-electron chi connectivity index (χ2n) is 5.28. The predicted octanol–water partition coefficient (Wildman–Crippen LogP) is 3.86. The zero-order valence-electron chi connectivity index (χ0n) is 11.9. The molecule has 2 aliphatic heterocycles. The van der Waals surface area contributed by atoms with Crippen molar-refractivity contribution in [3.63, 3.8) is 0 Å². The zero-order valence-corrected chi connectivity index (χ0v) is 13.4. The van der Waals surface area contributed by atoms with Gasteiger partial charge >= 0.3 is 6.03 Å². The number of rotatable bonds is 2. The molecule has 22 heavy (non-hydrogen) atoms. The average Bonchev–Trinajstić information content (AvgIpc) is 2.45. The summed E-state index contributed by atoms with van der Waals surface area (Å²) in [5, 5.41) is 3.80. The van der Waals surface area contributed by atoms with Gasteiger partial charge in [0.05, 0.1) is 11.7 Å². The predicted molar refractivity (Wildman–Crippen MR) is 85.9 cm³/mol. The number of fused-ring (bicyclic) bond motifs is 1. The highest BCUT2D eigenvalue weighted by molar-refractivity contribution is 6.34. The molecule has 1 atom stereocenters. The molecule has 4 nitrogen and oxygen atoms in total. The number of nitrogens with one attached hydrogen (secondary N) is 1. The highest BCUT2D eigenvalue weighted by atomic mass is 35.5. The van der Waals surface area contributed by atoms with Gasteiger partial charge < -0.3 is 5.32 Å². The Morgan fingerprint density at radius 3 is 2.59 bits per heavy atom.